The number of aliphatic hydroxyl groups is 1. The summed E-state index contributed by atoms with van der Waals surface area (Å²) in [6.07, 6.45) is 2.09. The van der Waals surface area contributed by atoms with Gasteiger partial charge in [0.15, 0.2) is 0 Å². The second-order valence-electron chi connectivity index (χ2n) is 5.50. The number of aliphatic hydroxyl groups excluding tert-OH is 1. The lowest BCUT2D eigenvalue weighted by Gasteiger charge is -2.28. The predicted molar refractivity (Wildman–Crippen MR) is 87.0 cm³/mol. The van der Waals surface area contributed by atoms with Crippen LogP contribution in [0, 0.1) is 11.8 Å². The maximum atomic E-state index is 12.5. The third-order valence-electron chi connectivity index (χ3n) is 3.70. The molecule has 3 nitrogen and oxygen atoms in total. The van der Waals surface area contributed by atoms with E-state index in [1.54, 1.807) is 11.8 Å². The molecule has 1 amide bonds. The Morgan fingerprint density at radius 3 is 2.71 bits per heavy atom. The molecule has 0 radical (unpaired) electrons. The van der Waals surface area contributed by atoms with Crippen LogP contribution in [0.1, 0.15) is 30.9 Å². The summed E-state index contributed by atoms with van der Waals surface area (Å²) in [5.74, 6) is 6.78. The van der Waals surface area contributed by atoms with Gasteiger partial charge < -0.3 is 10.0 Å². The summed E-state index contributed by atoms with van der Waals surface area (Å²) >= 11 is 1.77. The van der Waals surface area contributed by atoms with Crippen LogP contribution in [-0.4, -0.2) is 40.1 Å². The minimum absolute atomic E-state index is 0.130. The summed E-state index contributed by atoms with van der Waals surface area (Å²) < 4.78 is -0.249. The molecular weight excluding hydrogens is 282 g/mol. The summed E-state index contributed by atoms with van der Waals surface area (Å²) in [5.41, 5.74) is 1.96. The van der Waals surface area contributed by atoms with E-state index in [4.69, 9.17) is 5.11 Å². The van der Waals surface area contributed by atoms with E-state index in [0.717, 1.165) is 29.7 Å². The fourth-order valence-electron chi connectivity index (χ4n) is 2.53. The first kappa shape index (κ1) is 15.9. The van der Waals surface area contributed by atoms with Gasteiger partial charge in [0, 0.05) is 19.2 Å². The zero-order valence-electron chi connectivity index (χ0n) is 12.6. The van der Waals surface area contributed by atoms with Crippen molar-refractivity contribution in [3.63, 3.8) is 0 Å². The Labute approximate surface area is 130 Å². The lowest BCUT2D eigenvalue weighted by atomic mass is 10.0. The topological polar surface area (TPSA) is 40.5 Å². The standard InChI is InChI=1S/C17H21NO2S/c1-17(10-4-12-21-17)16(20)18(2)13-15-8-6-14(7-9-15)5-3-11-19/h6-9,19H,4,10-13H2,1-2H3. The van der Waals surface area contributed by atoms with Crippen molar-refractivity contribution < 1.29 is 9.90 Å². The average molecular weight is 303 g/mol. The molecular formula is C17H21NO2S. The third-order valence-corrected chi connectivity index (χ3v) is 5.21. The van der Waals surface area contributed by atoms with Crippen molar-refractivity contribution in [1.29, 1.82) is 0 Å². The van der Waals surface area contributed by atoms with E-state index in [-0.39, 0.29) is 17.3 Å². The first-order chi connectivity index (χ1) is 10.0. The molecule has 1 heterocycles. The highest BCUT2D eigenvalue weighted by molar-refractivity contribution is 8.01. The van der Waals surface area contributed by atoms with Gasteiger partial charge in [-0.3, -0.25) is 4.79 Å². The zero-order chi connectivity index (χ0) is 15.3. The van der Waals surface area contributed by atoms with Crippen LogP contribution in [0.4, 0.5) is 0 Å². The van der Waals surface area contributed by atoms with E-state index in [1.165, 1.54) is 0 Å². The number of benzene rings is 1. The molecule has 1 saturated heterocycles. The highest BCUT2D eigenvalue weighted by Gasteiger charge is 2.38. The van der Waals surface area contributed by atoms with Crippen molar-refractivity contribution in [1.82, 2.24) is 4.90 Å². The first-order valence-electron chi connectivity index (χ1n) is 7.13. The Kier molecular flexibility index (Phi) is 5.33. The monoisotopic (exact) mass is 303 g/mol. The number of rotatable bonds is 3. The number of hydrogen-bond acceptors (Lipinski definition) is 3. The van der Waals surface area contributed by atoms with Gasteiger partial charge in [0.2, 0.25) is 5.91 Å². The van der Waals surface area contributed by atoms with E-state index in [2.05, 4.69) is 18.8 Å². The van der Waals surface area contributed by atoms with E-state index in [9.17, 15) is 4.79 Å². The largest absolute Gasteiger partial charge is 0.384 e. The third kappa shape index (κ3) is 4.03. The molecule has 112 valence electrons. The molecule has 1 unspecified atom stereocenters. The van der Waals surface area contributed by atoms with Crippen molar-refractivity contribution in [2.24, 2.45) is 0 Å². The van der Waals surface area contributed by atoms with E-state index >= 15 is 0 Å². The second-order valence-corrected chi connectivity index (χ2v) is 7.10. The van der Waals surface area contributed by atoms with Gasteiger partial charge in [-0.05, 0) is 43.2 Å². The molecule has 1 aromatic rings. The van der Waals surface area contributed by atoms with E-state index in [0.29, 0.717) is 6.54 Å². The molecule has 1 fully saturated rings. The SMILES string of the molecule is CN(Cc1ccc(C#CCO)cc1)C(=O)C1(C)CCCS1. The Hall–Kier alpha value is -1.44. The van der Waals surface area contributed by atoms with Crippen LogP contribution in [-0.2, 0) is 11.3 Å². The van der Waals surface area contributed by atoms with Gasteiger partial charge in [0.1, 0.15) is 6.61 Å². The number of carbonyl (C=O) groups excluding carboxylic acids is 1. The van der Waals surface area contributed by atoms with Crippen molar-refractivity contribution in [3.8, 4) is 11.8 Å². The summed E-state index contributed by atoms with van der Waals surface area (Å²) in [7, 11) is 1.87. The highest BCUT2D eigenvalue weighted by Crippen LogP contribution is 2.39. The highest BCUT2D eigenvalue weighted by atomic mass is 32.2. The lowest BCUT2D eigenvalue weighted by Crippen LogP contribution is -2.41. The molecule has 0 bridgehead atoms. The van der Waals surface area contributed by atoms with Gasteiger partial charge in [-0.2, -0.15) is 0 Å². The maximum Gasteiger partial charge on any atom is 0.238 e. The maximum absolute atomic E-state index is 12.5. The Morgan fingerprint density at radius 2 is 2.14 bits per heavy atom. The Morgan fingerprint density at radius 1 is 1.43 bits per heavy atom. The van der Waals surface area contributed by atoms with Crippen molar-refractivity contribution in [2.45, 2.75) is 31.1 Å². The van der Waals surface area contributed by atoms with Gasteiger partial charge in [0.05, 0.1) is 4.75 Å². The molecule has 1 N–H and O–H groups in total. The molecule has 0 saturated carbocycles. The van der Waals surface area contributed by atoms with Crippen LogP contribution in [0.3, 0.4) is 0 Å². The molecule has 1 aliphatic heterocycles. The Balaban J connectivity index is 1.99. The number of nitrogens with zero attached hydrogens (tertiary/aromatic N) is 1. The minimum Gasteiger partial charge on any atom is -0.384 e. The number of thioether (sulfide) groups is 1. The van der Waals surface area contributed by atoms with Crippen molar-refractivity contribution >= 4 is 17.7 Å². The van der Waals surface area contributed by atoms with Crippen molar-refractivity contribution in [2.75, 3.05) is 19.4 Å². The van der Waals surface area contributed by atoms with Crippen LogP contribution >= 0.6 is 11.8 Å². The number of amides is 1. The fraction of sp³-hybridized carbons (Fsp3) is 0.471. The van der Waals surface area contributed by atoms with Gasteiger partial charge in [-0.15, -0.1) is 11.8 Å². The summed E-state index contributed by atoms with van der Waals surface area (Å²) in [6, 6.07) is 7.80. The molecule has 0 aromatic heterocycles. The van der Waals surface area contributed by atoms with Crippen LogP contribution < -0.4 is 0 Å². The van der Waals surface area contributed by atoms with Crippen LogP contribution in [0.2, 0.25) is 0 Å². The minimum atomic E-state index is -0.249. The van der Waals surface area contributed by atoms with Crippen molar-refractivity contribution in [3.05, 3.63) is 35.4 Å². The molecule has 1 atom stereocenters. The Bertz CT molecular complexity index is 550. The number of carbonyl (C=O) groups is 1. The van der Waals surface area contributed by atoms with Crippen LogP contribution in [0.25, 0.3) is 0 Å². The molecule has 0 aliphatic carbocycles. The zero-order valence-corrected chi connectivity index (χ0v) is 13.4. The van der Waals surface area contributed by atoms with E-state index in [1.807, 2.05) is 36.2 Å². The van der Waals surface area contributed by atoms with Gasteiger partial charge in [-0.25, -0.2) is 0 Å². The normalized spacial score (nSPS) is 20.7. The quantitative estimate of drug-likeness (QED) is 0.871. The molecule has 1 aliphatic rings. The summed E-state index contributed by atoms with van der Waals surface area (Å²) in [6.45, 7) is 2.54. The van der Waals surface area contributed by atoms with Gasteiger partial charge >= 0.3 is 0 Å². The first-order valence-corrected chi connectivity index (χ1v) is 8.12. The van der Waals surface area contributed by atoms with Gasteiger partial charge in [0.25, 0.3) is 0 Å². The summed E-state index contributed by atoms with van der Waals surface area (Å²) in [4.78, 5) is 14.3. The molecule has 0 spiro atoms. The molecule has 21 heavy (non-hydrogen) atoms. The fourth-order valence-corrected chi connectivity index (χ4v) is 3.84. The molecule has 2 rings (SSSR count). The van der Waals surface area contributed by atoms with Gasteiger partial charge in [-0.1, -0.05) is 24.0 Å². The van der Waals surface area contributed by atoms with E-state index < -0.39 is 0 Å². The molecule has 4 heteroatoms. The smallest absolute Gasteiger partial charge is 0.238 e. The lowest BCUT2D eigenvalue weighted by molar-refractivity contribution is -0.132. The second kappa shape index (κ2) is 7.02. The summed E-state index contributed by atoms with van der Waals surface area (Å²) in [5, 5.41) is 8.67. The average Bonchev–Trinajstić information content (AvgIpc) is 2.93. The van der Waals surface area contributed by atoms with Crippen LogP contribution in [0.15, 0.2) is 24.3 Å². The number of hydrogen-bond donors (Lipinski definition) is 1. The van der Waals surface area contributed by atoms with Crippen LogP contribution in [0.5, 0.6) is 0 Å². The predicted octanol–water partition coefficient (Wildman–Crippen LogP) is 2.27. The molecule has 1 aromatic carbocycles.